The molecule has 4 aromatic rings. The summed E-state index contributed by atoms with van der Waals surface area (Å²) < 4.78 is 1.30. The molecule has 0 N–H and O–H groups in total. The van der Waals surface area contributed by atoms with Gasteiger partial charge in [-0.25, -0.2) is 0 Å². The van der Waals surface area contributed by atoms with Crippen molar-refractivity contribution in [3.63, 3.8) is 0 Å². The molecule has 1 aliphatic heterocycles. The number of amides is 1. The van der Waals surface area contributed by atoms with E-state index in [2.05, 4.69) is 66.7 Å². The van der Waals surface area contributed by atoms with Gasteiger partial charge in [0, 0.05) is 0 Å². The first kappa shape index (κ1) is 17.2. The fourth-order valence-corrected chi connectivity index (χ4v) is 6.73. The number of rotatable bonds is 4. The fourth-order valence-electron chi connectivity index (χ4n) is 3.86. The van der Waals surface area contributed by atoms with Crippen LogP contribution in [0.25, 0.3) is 10.8 Å². The average Bonchev–Trinajstić information content (AvgIpc) is 2.76. The molecule has 4 aromatic carbocycles. The fraction of sp³-hybridized carbons (Fsp3) is 0.0800. The number of fused-ring (bicyclic) bond motifs is 1. The van der Waals surface area contributed by atoms with Crippen LogP contribution in [0.3, 0.4) is 0 Å². The van der Waals surface area contributed by atoms with Crippen molar-refractivity contribution < 1.29 is 4.79 Å². The van der Waals surface area contributed by atoms with Gasteiger partial charge in [0.2, 0.25) is 0 Å². The van der Waals surface area contributed by atoms with Crippen LogP contribution in [-0.4, -0.2) is 20.9 Å². The molecular formula is C25H19NOSe. The van der Waals surface area contributed by atoms with Crippen molar-refractivity contribution in [2.24, 2.45) is 0 Å². The first-order valence-corrected chi connectivity index (χ1v) is 11.2. The minimum atomic E-state index is 0.0147. The second-order valence-electron chi connectivity index (χ2n) is 6.92. The molecule has 5 rings (SSSR count). The summed E-state index contributed by atoms with van der Waals surface area (Å²) in [6.07, 6.45) is 0. The molecule has 2 nitrogen and oxygen atoms in total. The summed E-state index contributed by atoms with van der Waals surface area (Å²) in [5, 5.41) is 2.51. The zero-order chi connectivity index (χ0) is 18.9. The van der Waals surface area contributed by atoms with Crippen LogP contribution in [0.1, 0.15) is 11.6 Å². The van der Waals surface area contributed by atoms with Crippen LogP contribution in [0, 0.1) is 0 Å². The Bertz CT molecular complexity index is 1120. The summed E-state index contributed by atoms with van der Waals surface area (Å²) in [5.41, 5.74) is 2.18. The van der Waals surface area contributed by atoms with Crippen molar-refractivity contribution in [2.75, 3.05) is 4.90 Å². The van der Waals surface area contributed by atoms with Crippen molar-refractivity contribution >= 4 is 41.8 Å². The summed E-state index contributed by atoms with van der Waals surface area (Å²) in [5.74, 6) is 0.230. The van der Waals surface area contributed by atoms with E-state index in [1.54, 1.807) is 0 Å². The molecule has 0 spiro atoms. The molecule has 0 bridgehead atoms. The molecule has 3 heteroatoms. The summed E-state index contributed by atoms with van der Waals surface area (Å²) in [6, 6.07) is 35.4. The van der Waals surface area contributed by atoms with E-state index in [1.807, 2.05) is 41.3 Å². The molecule has 0 aliphatic carbocycles. The van der Waals surface area contributed by atoms with Crippen LogP contribution in [0.2, 0.25) is 4.82 Å². The Labute approximate surface area is 171 Å². The van der Waals surface area contributed by atoms with Crippen LogP contribution >= 0.6 is 0 Å². The van der Waals surface area contributed by atoms with E-state index in [0.29, 0.717) is 0 Å². The summed E-state index contributed by atoms with van der Waals surface area (Å²) in [6.45, 7) is 0. The number of β-lactam (4-membered cyclic amide) rings is 1. The van der Waals surface area contributed by atoms with Gasteiger partial charge in [0.05, 0.1) is 0 Å². The summed E-state index contributed by atoms with van der Waals surface area (Å²) in [4.78, 5) is 15.2. The molecule has 0 radical (unpaired) electrons. The molecule has 1 saturated heterocycles. The van der Waals surface area contributed by atoms with Crippen molar-refractivity contribution in [1.29, 1.82) is 0 Å². The number of hydrogen-bond donors (Lipinski definition) is 0. The predicted molar refractivity (Wildman–Crippen MR) is 116 cm³/mol. The van der Waals surface area contributed by atoms with Gasteiger partial charge < -0.3 is 0 Å². The zero-order valence-electron chi connectivity index (χ0n) is 15.2. The third-order valence-corrected chi connectivity index (χ3v) is 8.00. The molecule has 0 unspecified atom stereocenters. The third-order valence-electron chi connectivity index (χ3n) is 5.22. The maximum absolute atomic E-state index is 13.2. The molecular weight excluding hydrogens is 409 g/mol. The average molecular weight is 428 g/mol. The van der Waals surface area contributed by atoms with Gasteiger partial charge in [0.25, 0.3) is 0 Å². The van der Waals surface area contributed by atoms with E-state index >= 15 is 0 Å². The van der Waals surface area contributed by atoms with Crippen molar-refractivity contribution in [2.45, 2.75) is 10.9 Å². The number of nitrogens with zero attached hydrogens (tertiary/aromatic N) is 1. The van der Waals surface area contributed by atoms with E-state index in [0.717, 1.165) is 5.69 Å². The van der Waals surface area contributed by atoms with Crippen LogP contribution in [0.4, 0.5) is 5.69 Å². The number of hydrogen-bond acceptors (Lipinski definition) is 1. The van der Waals surface area contributed by atoms with Crippen LogP contribution in [0.15, 0.2) is 103 Å². The van der Waals surface area contributed by atoms with E-state index < -0.39 is 0 Å². The molecule has 1 fully saturated rings. The van der Waals surface area contributed by atoms with Gasteiger partial charge in [-0.2, -0.15) is 0 Å². The van der Waals surface area contributed by atoms with Gasteiger partial charge >= 0.3 is 171 Å². The van der Waals surface area contributed by atoms with Gasteiger partial charge in [-0.3, -0.25) is 0 Å². The quantitative estimate of drug-likeness (QED) is 0.340. The Morgan fingerprint density at radius 1 is 0.679 bits per heavy atom. The normalized spacial score (nSPS) is 18.9. The first-order valence-electron chi connectivity index (χ1n) is 9.40. The third kappa shape index (κ3) is 2.93. The minimum absolute atomic E-state index is 0.0147. The van der Waals surface area contributed by atoms with Crippen molar-refractivity contribution in [1.82, 2.24) is 0 Å². The van der Waals surface area contributed by atoms with Gasteiger partial charge in [-0.05, 0) is 0 Å². The predicted octanol–water partition coefficient (Wildman–Crippen LogP) is 4.75. The van der Waals surface area contributed by atoms with Gasteiger partial charge in [-0.1, -0.05) is 0 Å². The molecule has 1 heterocycles. The van der Waals surface area contributed by atoms with Crippen molar-refractivity contribution in [3.05, 3.63) is 109 Å². The zero-order valence-corrected chi connectivity index (χ0v) is 16.9. The maximum atomic E-state index is 13.2. The monoisotopic (exact) mass is 429 g/mol. The number of carbonyl (C=O) groups is 1. The van der Waals surface area contributed by atoms with Crippen LogP contribution in [-0.2, 0) is 4.79 Å². The van der Waals surface area contributed by atoms with Gasteiger partial charge in [0.1, 0.15) is 0 Å². The number of para-hydroxylation sites is 1. The van der Waals surface area contributed by atoms with E-state index in [1.165, 1.54) is 20.8 Å². The Kier molecular flexibility index (Phi) is 4.48. The Morgan fingerprint density at radius 2 is 1.32 bits per heavy atom. The van der Waals surface area contributed by atoms with Gasteiger partial charge in [0.15, 0.2) is 0 Å². The molecule has 1 amide bonds. The van der Waals surface area contributed by atoms with E-state index in [9.17, 15) is 4.79 Å². The van der Waals surface area contributed by atoms with Crippen LogP contribution in [0.5, 0.6) is 0 Å². The Hall–Kier alpha value is -2.87. The molecule has 28 heavy (non-hydrogen) atoms. The first-order chi connectivity index (χ1) is 13.8. The Morgan fingerprint density at radius 3 is 2.11 bits per heavy atom. The number of anilines is 1. The molecule has 0 aromatic heterocycles. The van der Waals surface area contributed by atoms with Crippen LogP contribution < -0.4 is 9.36 Å². The van der Waals surface area contributed by atoms with E-state index in [4.69, 9.17) is 0 Å². The number of carbonyl (C=O) groups excluding carboxylic acids is 1. The Balaban J connectivity index is 1.54. The van der Waals surface area contributed by atoms with E-state index in [-0.39, 0.29) is 31.7 Å². The summed E-state index contributed by atoms with van der Waals surface area (Å²) in [7, 11) is 0. The SMILES string of the molecule is O=C1[C@H]([Se]c2cccc3ccccc23)[C@@H](c2ccccc2)N1c1ccccc1. The second kappa shape index (κ2) is 7.27. The standard InChI is InChI=1S/C25H19NOSe/c27-25-24(28-22-17-9-13-18-10-7-8-16-21(18)22)23(19-11-3-1-4-12-19)26(25)20-14-5-2-6-15-20/h1-17,23-24H/t23-,24-/m1/s1. The molecule has 2 atom stereocenters. The summed E-state index contributed by atoms with van der Waals surface area (Å²) >= 11 is 0.0593. The number of benzene rings is 4. The van der Waals surface area contributed by atoms with Crippen molar-refractivity contribution in [3.8, 4) is 0 Å². The topological polar surface area (TPSA) is 20.3 Å². The molecule has 1 aliphatic rings. The van der Waals surface area contributed by atoms with Gasteiger partial charge in [-0.15, -0.1) is 0 Å². The molecule has 0 saturated carbocycles. The second-order valence-corrected chi connectivity index (χ2v) is 9.40. The molecule has 136 valence electrons.